The highest BCUT2D eigenvalue weighted by molar-refractivity contribution is 5.80. The van der Waals surface area contributed by atoms with E-state index in [0.29, 0.717) is 5.69 Å². The molecule has 2 N–H and O–H groups in total. The van der Waals surface area contributed by atoms with Gasteiger partial charge in [-0.3, -0.25) is 4.98 Å². The third kappa shape index (κ3) is 2.50. The maximum Gasteiger partial charge on any atom is 0.0919 e. The number of nitrogens with two attached hydrogens (primary N) is 1. The van der Waals surface area contributed by atoms with E-state index in [4.69, 9.17) is 11.0 Å². The Hall–Kier alpha value is -2.60. The molecule has 0 bridgehead atoms. The van der Waals surface area contributed by atoms with Gasteiger partial charge in [-0.1, -0.05) is 18.2 Å². The van der Waals surface area contributed by atoms with Gasteiger partial charge in [-0.05, 0) is 29.8 Å². The summed E-state index contributed by atoms with van der Waals surface area (Å²) in [6, 6.07) is 15.1. The van der Waals surface area contributed by atoms with Crippen LogP contribution in [-0.2, 0) is 0 Å². The largest absolute Gasteiger partial charge is 0.399 e. The molecule has 0 saturated heterocycles. The van der Waals surface area contributed by atoms with Crippen molar-refractivity contribution in [3.8, 4) is 6.07 Å². The van der Waals surface area contributed by atoms with E-state index in [1.165, 1.54) is 6.08 Å². The molecule has 1 aromatic carbocycles. The molecule has 3 heteroatoms. The van der Waals surface area contributed by atoms with Crippen LogP contribution in [-0.4, -0.2) is 4.98 Å². The van der Waals surface area contributed by atoms with E-state index in [1.54, 1.807) is 6.20 Å². The van der Waals surface area contributed by atoms with Crippen LogP contribution in [0, 0.1) is 11.3 Å². The molecule has 1 heterocycles. The Balaban J connectivity index is 2.52. The maximum atomic E-state index is 8.84. The summed E-state index contributed by atoms with van der Waals surface area (Å²) >= 11 is 0. The fourth-order valence-corrected chi connectivity index (χ4v) is 1.60. The number of pyridine rings is 1. The topological polar surface area (TPSA) is 62.7 Å². The summed E-state index contributed by atoms with van der Waals surface area (Å²) < 4.78 is 0. The average Bonchev–Trinajstić information content (AvgIpc) is 2.37. The quantitative estimate of drug-likeness (QED) is 0.626. The molecule has 0 aliphatic heterocycles. The summed E-state index contributed by atoms with van der Waals surface area (Å²) in [5.41, 5.74) is 8.84. The molecule has 0 spiro atoms. The van der Waals surface area contributed by atoms with Crippen molar-refractivity contribution < 1.29 is 0 Å². The van der Waals surface area contributed by atoms with Gasteiger partial charge in [0.2, 0.25) is 0 Å². The number of rotatable bonds is 2. The molecule has 82 valence electrons. The number of benzene rings is 1. The Kier molecular flexibility index (Phi) is 3.18. The first-order valence-electron chi connectivity index (χ1n) is 5.18. The van der Waals surface area contributed by atoms with Crippen LogP contribution in [0.2, 0.25) is 0 Å². The second kappa shape index (κ2) is 4.95. The van der Waals surface area contributed by atoms with Crippen LogP contribution < -0.4 is 5.73 Å². The standard InChI is InChI=1S/C14H11N3/c15-8-7-13(14-6-1-2-9-17-14)11-4-3-5-12(16)10-11/h1-7,9-10H,16H2/b13-7-. The van der Waals surface area contributed by atoms with Crippen LogP contribution in [0.4, 0.5) is 5.69 Å². The van der Waals surface area contributed by atoms with Gasteiger partial charge in [-0.25, -0.2) is 0 Å². The van der Waals surface area contributed by atoms with E-state index in [9.17, 15) is 0 Å². The molecule has 0 unspecified atom stereocenters. The number of hydrogen-bond donors (Lipinski definition) is 1. The number of allylic oxidation sites excluding steroid dienone is 1. The van der Waals surface area contributed by atoms with Crippen LogP contribution in [0.15, 0.2) is 54.7 Å². The van der Waals surface area contributed by atoms with Crippen molar-refractivity contribution >= 4 is 11.3 Å². The van der Waals surface area contributed by atoms with Crippen molar-refractivity contribution in [1.29, 1.82) is 5.26 Å². The molecule has 0 aliphatic carbocycles. The molecular weight excluding hydrogens is 210 g/mol. The molecule has 0 saturated carbocycles. The van der Waals surface area contributed by atoms with Gasteiger partial charge >= 0.3 is 0 Å². The third-order valence-electron chi connectivity index (χ3n) is 2.35. The maximum absolute atomic E-state index is 8.84. The number of hydrogen-bond acceptors (Lipinski definition) is 3. The zero-order chi connectivity index (χ0) is 12.1. The van der Waals surface area contributed by atoms with E-state index in [0.717, 1.165) is 16.8 Å². The first-order chi connectivity index (χ1) is 8.31. The van der Waals surface area contributed by atoms with E-state index in [-0.39, 0.29) is 0 Å². The van der Waals surface area contributed by atoms with Crippen LogP contribution in [0.3, 0.4) is 0 Å². The van der Waals surface area contributed by atoms with Gasteiger partial charge in [0.1, 0.15) is 0 Å². The lowest BCUT2D eigenvalue weighted by atomic mass is 10.0. The Labute approximate surface area is 99.8 Å². The predicted octanol–water partition coefficient (Wildman–Crippen LogP) is 2.62. The molecular formula is C14H11N3. The normalized spacial score (nSPS) is 10.9. The lowest BCUT2D eigenvalue weighted by molar-refractivity contribution is 1.27. The van der Waals surface area contributed by atoms with E-state index in [2.05, 4.69) is 4.98 Å². The van der Waals surface area contributed by atoms with Crippen LogP contribution in [0.1, 0.15) is 11.3 Å². The Morgan fingerprint density at radius 1 is 1.24 bits per heavy atom. The van der Waals surface area contributed by atoms with Gasteiger partial charge in [0.05, 0.1) is 11.8 Å². The van der Waals surface area contributed by atoms with E-state index >= 15 is 0 Å². The zero-order valence-electron chi connectivity index (χ0n) is 9.17. The minimum absolute atomic E-state index is 0.669. The summed E-state index contributed by atoms with van der Waals surface area (Å²) in [6.07, 6.45) is 3.18. The second-order valence-corrected chi connectivity index (χ2v) is 3.53. The summed E-state index contributed by atoms with van der Waals surface area (Å²) in [7, 11) is 0. The summed E-state index contributed by atoms with van der Waals surface area (Å²) in [4.78, 5) is 4.24. The predicted molar refractivity (Wildman–Crippen MR) is 67.8 cm³/mol. The second-order valence-electron chi connectivity index (χ2n) is 3.53. The molecule has 1 aromatic heterocycles. The average molecular weight is 221 g/mol. The van der Waals surface area contributed by atoms with Gasteiger partial charge in [0, 0.05) is 23.5 Å². The molecule has 0 radical (unpaired) electrons. The zero-order valence-corrected chi connectivity index (χ0v) is 9.17. The van der Waals surface area contributed by atoms with Crippen molar-refractivity contribution in [2.75, 3.05) is 5.73 Å². The Morgan fingerprint density at radius 2 is 2.12 bits per heavy atom. The molecule has 3 nitrogen and oxygen atoms in total. The highest BCUT2D eigenvalue weighted by Crippen LogP contribution is 2.22. The minimum Gasteiger partial charge on any atom is -0.399 e. The van der Waals surface area contributed by atoms with Crippen LogP contribution >= 0.6 is 0 Å². The van der Waals surface area contributed by atoms with Gasteiger partial charge < -0.3 is 5.73 Å². The number of nitriles is 1. The third-order valence-corrected chi connectivity index (χ3v) is 2.35. The van der Waals surface area contributed by atoms with Gasteiger partial charge in [0.15, 0.2) is 0 Å². The first kappa shape index (κ1) is 10.9. The van der Waals surface area contributed by atoms with E-state index < -0.39 is 0 Å². The van der Waals surface area contributed by atoms with Crippen molar-refractivity contribution in [3.63, 3.8) is 0 Å². The molecule has 2 rings (SSSR count). The molecule has 0 amide bonds. The van der Waals surface area contributed by atoms with Crippen molar-refractivity contribution in [3.05, 3.63) is 66.0 Å². The SMILES string of the molecule is N#C/C=C(/c1cccc(N)c1)c1ccccn1. The smallest absolute Gasteiger partial charge is 0.0919 e. The molecule has 2 aromatic rings. The van der Waals surface area contributed by atoms with Crippen molar-refractivity contribution in [1.82, 2.24) is 4.98 Å². The molecule has 17 heavy (non-hydrogen) atoms. The first-order valence-corrected chi connectivity index (χ1v) is 5.18. The van der Waals surface area contributed by atoms with Crippen molar-refractivity contribution in [2.24, 2.45) is 0 Å². The number of anilines is 1. The molecule has 0 fully saturated rings. The number of nitrogen functional groups attached to an aromatic ring is 1. The summed E-state index contributed by atoms with van der Waals surface area (Å²) in [5, 5.41) is 8.84. The van der Waals surface area contributed by atoms with E-state index in [1.807, 2.05) is 48.5 Å². The van der Waals surface area contributed by atoms with Gasteiger partial charge in [-0.15, -0.1) is 0 Å². The number of aromatic nitrogens is 1. The van der Waals surface area contributed by atoms with Gasteiger partial charge in [0.25, 0.3) is 0 Å². The Bertz CT molecular complexity index is 580. The molecule has 0 atom stereocenters. The summed E-state index contributed by atoms with van der Waals surface area (Å²) in [6.45, 7) is 0. The monoisotopic (exact) mass is 221 g/mol. The minimum atomic E-state index is 0.669. The highest BCUT2D eigenvalue weighted by atomic mass is 14.7. The Morgan fingerprint density at radius 3 is 2.76 bits per heavy atom. The van der Waals surface area contributed by atoms with Crippen LogP contribution in [0.5, 0.6) is 0 Å². The van der Waals surface area contributed by atoms with Crippen molar-refractivity contribution in [2.45, 2.75) is 0 Å². The van der Waals surface area contributed by atoms with Crippen LogP contribution in [0.25, 0.3) is 5.57 Å². The van der Waals surface area contributed by atoms with Gasteiger partial charge in [-0.2, -0.15) is 5.26 Å². The molecule has 0 aliphatic rings. The fraction of sp³-hybridized carbons (Fsp3) is 0. The number of nitrogens with zero attached hydrogens (tertiary/aromatic N) is 2. The highest BCUT2D eigenvalue weighted by Gasteiger charge is 2.05. The lowest BCUT2D eigenvalue weighted by Gasteiger charge is -2.06. The fourth-order valence-electron chi connectivity index (χ4n) is 1.60. The lowest BCUT2D eigenvalue weighted by Crippen LogP contribution is -1.92. The summed E-state index contributed by atoms with van der Waals surface area (Å²) in [5.74, 6) is 0.